The van der Waals surface area contributed by atoms with Gasteiger partial charge in [-0.05, 0) is 31.2 Å². The lowest BCUT2D eigenvalue weighted by Gasteiger charge is -2.07. The van der Waals surface area contributed by atoms with Crippen molar-refractivity contribution in [3.05, 3.63) is 60.2 Å². The molecule has 2 aromatic carbocycles. The van der Waals surface area contributed by atoms with Crippen LogP contribution in [0.2, 0.25) is 0 Å². The predicted octanol–water partition coefficient (Wildman–Crippen LogP) is 2.86. The molecule has 6 nitrogen and oxygen atoms in total. The smallest absolute Gasteiger partial charge is 0.277 e. The monoisotopic (exact) mass is 361 g/mol. The number of carbonyl (C=O) groups is 2. The first kappa shape index (κ1) is 19.0. The van der Waals surface area contributed by atoms with E-state index in [0.717, 1.165) is 12.1 Å². The molecule has 26 heavy (non-hydrogen) atoms. The van der Waals surface area contributed by atoms with Crippen LogP contribution in [0.25, 0.3) is 0 Å². The molecule has 136 valence electrons. The van der Waals surface area contributed by atoms with Crippen molar-refractivity contribution in [2.75, 3.05) is 11.9 Å². The van der Waals surface area contributed by atoms with Crippen molar-refractivity contribution in [1.82, 2.24) is 5.43 Å². The van der Waals surface area contributed by atoms with Crippen LogP contribution in [0, 0.1) is 11.6 Å². The summed E-state index contributed by atoms with van der Waals surface area (Å²) in [4.78, 5) is 23.5. The molecule has 0 saturated heterocycles. The van der Waals surface area contributed by atoms with Gasteiger partial charge in [0.15, 0.2) is 6.61 Å². The third-order valence-electron chi connectivity index (χ3n) is 3.11. The van der Waals surface area contributed by atoms with Crippen LogP contribution in [0.5, 0.6) is 5.75 Å². The van der Waals surface area contributed by atoms with Crippen molar-refractivity contribution in [1.29, 1.82) is 0 Å². The lowest BCUT2D eigenvalue weighted by molar-refractivity contribution is -0.123. The third kappa shape index (κ3) is 6.31. The van der Waals surface area contributed by atoms with Crippen LogP contribution in [-0.4, -0.2) is 24.1 Å². The first-order valence-electron chi connectivity index (χ1n) is 7.69. The summed E-state index contributed by atoms with van der Waals surface area (Å²) < 4.78 is 31.5. The maximum atomic E-state index is 13.5. The quantitative estimate of drug-likeness (QED) is 0.588. The van der Waals surface area contributed by atoms with E-state index in [9.17, 15) is 18.4 Å². The number of para-hydroxylation sites is 1. The summed E-state index contributed by atoms with van der Waals surface area (Å²) in [5.74, 6) is -2.10. The molecule has 0 saturated carbocycles. The standard InChI is InChI=1S/C18H17F2N3O3/c1-12(9-17(24)21-16-8-7-13(19)10-15(16)20)22-23-18(25)11-26-14-5-3-2-4-6-14/h2-8,10H,9,11H2,1H3,(H,21,24)(H,23,25)/b22-12-. The van der Waals surface area contributed by atoms with E-state index in [1.807, 2.05) is 6.07 Å². The number of ether oxygens (including phenoxy) is 1. The third-order valence-corrected chi connectivity index (χ3v) is 3.11. The van der Waals surface area contributed by atoms with Crippen molar-refractivity contribution in [3.63, 3.8) is 0 Å². The number of halogens is 2. The zero-order chi connectivity index (χ0) is 18.9. The highest BCUT2D eigenvalue weighted by atomic mass is 19.1. The average Bonchev–Trinajstić information content (AvgIpc) is 2.61. The van der Waals surface area contributed by atoms with Crippen LogP contribution in [-0.2, 0) is 9.59 Å². The Morgan fingerprint density at radius 1 is 1.08 bits per heavy atom. The highest BCUT2D eigenvalue weighted by molar-refractivity contribution is 6.05. The van der Waals surface area contributed by atoms with Gasteiger partial charge >= 0.3 is 0 Å². The fraction of sp³-hybridized carbons (Fsp3) is 0.167. The Balaban J connectivity index is 1.77. The SMILES string of the molecule is C/C(CC(=O)Nc1ccc(F)cc1F)=N/NC(=O)COc1ccccc1. The van der Waals surface area contributed by atoms with E-state index >= 15 is 0 Å². The first-order valence-corrected chi connectivity index (χ1v) is 7.69. The average molecular weight is 361 g/mol. The molecule has 2 aromatic rings. The zero-order valence-corrected chi connectivity index (χ0v) is 14.0. The summed E-state index contributed by atoms with van der Waals surface area (Å²) >= 11 is 0. The molecule has 0 radical (unpaired) electrons. The Bertz CT molecular complexity index is 811. The largest absolute Gasteiger partial charge is 0.484 e. The summed E-state index contributed by atoms with van der Waals surface area (Å²) in [5, 5.41) is 6.08. The van der Waals surface area contributed by atoms with Crippen LogP contribution < -0.4 is 15.5 Å². The Morgan fingerprint density at radius 3 is 2.50 bits per heavy atom. The molecule has 0 unspecified atom stereocenters. The van der Waals surface area contributed by atoms with Gasteiger partial charge in [0.2, 0.25) is 5.91 Å². The van der Waals surface area contributed by atoms with Gasteiger partial charge in [-0.3, -0.25) is 9.59 Å². The van der Waals surface area contributed by atoms with E-state index in [2.05, 4.69) is 15.8 Å². The molecule has 0 aromatic heterocycles. The minimum Gasteiger partial charge on any atom is -0.484 e. The highest BCUT2D eigenvalue weighted by Crippen LogP contribution is 2.15. The van der Waals surface area contributed by atoms with Crippen LogP contribution in [0.1, 0.15) is 13.3 Å². The maximum absolute atomic E-state index is 13.5. The number of benzene rings is 2. The predicted molar refractivity (Wildman–Crippen MR) is 92.8 cm³/mol. The molecule has 0 bridgehead atoms. The number of hydrazone groups is 1. The number of amides is 2. The normalized spacial score (nSPS) is 11.0. The fourth-order valence-electron chi connectivity index (χ4n) is 1.91. The van der Waals surface area contributed by atoms with Gasteiger partial charge in [0.05, 0.1) is 12.1 Å². The molecule has 0 heterocycles. The van der Waals surface area contributed by atoms with E-state index in [1.165, 1.54) is 6.92 Å². The van der Waals surface area contributed by atoms with Gasteiger partial charge in [0, 0.05) is 11.8 Å². The van der Waals surface area contributed by atoms with Crippen molar-refractivity contribution in [2.24, 2.45) is 5.10 Å². The van der Waals surface area contributed by atoms with Crippen LogP contribution in [0.3, 0.4) is 0 Å². The molecular formula is C18H17F2N3O3. The van der Waals surface area contributed by atoms with E-state index in [4.69, 9.17) is 4.74 Å². The summed E-state index contributed by atoms with van der Waals surface area (Å²) in [5.41, 5.74) is 2.43. The minimum absolute atomic E-state index is 0.135. The van der Waals surface area contributed by atoms with Gasteiger partial charge < -0.3 is 10.1 Å². The zero-order valence-electron chi connectivity index (χ0n) is 14.0. The van der Waals surface area contributed by atoms with E-state index < -0.39 is 23.4 Å². The van der Waals surface area contributed by atoms with E-state index in [-0.39, 0.29) is 18.7 Å². The first-order chi connectivity index (χ1) is 12.4. The molecule has 0 aliphatic rings. The Hall–Kier alpha value is -3.29. The number of anilines is 1. The molecular weight excluding hydrogens is 344 g/mol. The number of rotatable bonds is 7. The second-order valence-electron chi connectivity index (χ2n) is 5.33. The molecule has 2 amide bonds. The van der Waals surface area contributed by atoms with Gasteiger partial charge in [0.25, 0.3) is 5.91 Å². The number of hydrogen-bond acceptors (Lipinski definition) is 4. The lowest BCUT2D eigenvalue weighted by Crippen LogP contribution is -2.26. The molecule has 0 spiro atoms. The summed E-state index contributed by atoms with van der Waals surface area (Å²) in [6, 6.07) is 11.6. The van der Waals surface area contributed by atoms with Crippen molar-refractivity contribution in [2.45, 2.75) is 13.3 Å². The molecule has 2 rings (SSSR count). The second kappa shape index (κ2) is 9.26. The highest BCUT2D eigenvalue weighted by Gasteiger charge is 2.09. The summed E-state index contributed by atoms with van der Waals surface area (Å²) in [6.07, 6.45) is -0.170. The van der Waals surface area contributed by atoms with Gasteiger partial charge in [-0.15, -0.1) is 0 Å². The molecule has 2 N–H and O–H groups in total. The van der Waals surface area contributed by atoms with Crippen molar-refractivity contribution < 1.29 is 23.1 Å². The Labute approximate surface area is 148 Å². The second-order valence-corrected chi connectivity index (χ2v) is 5.33. The van der Waals surface area contributed by atoms with E-state index in [1.54, 1.807) is 24.3 Å². The van der Waals surface area contributed by atoms with Crippen molar-refractivity contribution in [3.8, 4) is 5.75 Å². The number of nitrogens with zero attached hydrogens (tertiary/aromatic N) is 1. The molecule has 0 atom stereocenters. The number of carbonyl (C=O) groups excluding carboxylic acids is 2. The van der Waals surface area contributed by atoms with Crippen LogP contribution in [0.4, 0.5) is 14.5 Å². The maximum Gasteiger partial charge on any atom is 0.277 e. The lowest BCUT2D eigenvalue weighted by atomic mass is 10.2. The topological polar surface area (TPSA) is 79.8 Å². The van der Waals surface area contributed by atoms with Gasteiger partial charge in [-0.25, -0.2) is 14.2 Å². The minimum atomic E-state index is -0.876. The molecule has 0 fully saturated rings. The van der Waals surface area contributed by atoms with Gasteiger partial charge in [0.1, 0.15) is 17.4 Å². The Kier molecular flexibility index (Phi) is 6.78. The van der Waals surface area contributed by atoms with Crippen LogP contribution in [0.15, 0.2) is 53.6 Å². The number of hydrogen-bond donors (Lipinski definition) is 2. The van der Waals surface area contributed by atoms with Gasteiger partial charge in [-0.1, -0.05) is 18.2 Å². The summed E-state index contributed by atoms with van der Waals surface area (Å²) in [6.45, 7) is 1.30. The molecule has 8 heteroatoms. The Morgan fingerprint density at radius 2 is 1.81 bits per heavy atom. The fourth-order valence-corrected chi connectivity index (χ4v) is 1.91. The number of nitrogens with one attached hydrogen (secondary N) is 2. The van der Waals surface area contributed by atoms with Crippen LogP contribution >= 0.6 is 0 Å². The molecule has 0 aliphatic heterocycles. The van der Waals surface area contributed by atoms with Gasteiger partial charge in [-0.2, -0.15) is 5.10 Å². The molecule has 0 aliphatic carbocycles. The van der Waals surface area contributed by atoms with Crippen molar-refractivity contribution >= 4 is 23.2 Å². The summed E-state index contributed by atoms with van der Waals surface area (Å²) in [7, 11) is 0. The van der Waals surface area contributed by atoms with E-state index in [0.29, 0.717) is 17.5 Å².